The molecule has 1 aromatic rings. The first-order chi connectivity index (χ1) is 13.0. The summed E-state index contributed by atoms with van der Waals surface area (Å²) in [5, 5.41) is 3.01. The maximum Gasteiger partial charge on any atom is 0.255 e. The normalized spacial score (nSPS) is 23.6. The maximum atomic E-state index is 13.3. The number of halogens is 1. The van der Waals surface area contributed by atoms with E-state index in [-0.39, 0.29) is 23.0 Å². The largest absolute Gasteiger partial charge is 0.354 e. The predicted molar refractivity (Wildman–Crippen MR) is 107 cm³/mol. The third-order valence-electron chi connectivity index (χ3n) is 5.40. The number of carbonyl (C=O) groups excluding carboxylic acids is 2. The fourth-order valence-electron chi connectivity index (χ4n) is 3.93. The highest BCUT2D eigenvalue weighted by molar-refractivity contribution is 8.00. The van der Waals surface area contributed by atoms with E-state index >= 15 is 0 Å². The van der Waals surface area contributed by atoms with Gasteiger partial charge in [-0.3, -0.25) is 9.59 Å². The van der Waals surface area contributed by atoms with Crippen molar-refractivity contribution < 1.29 is 14.0 Å². The summed E-state index contributed by atoms with van der Waals surface area (Å²) in [6.07, 6.45) is 5.82. The molecular formula is C21H29FN2O2S. The van der Waals surface area contributed by atoms with Crippen molar-refractivity contribution in [2.24, 2.45) is 11.8 Å². The van der Waals surface area contributed by atoms with Gasteiger partial charge in [0, 0.05) is 17.9 Å². The van der Waals surface area contributed by atoms with Crippen LogP contribution in [0.25, 0.3) is 0 Å². The molecule has 0 bridgehead atoms. The Hall–Kier alpha value is -1.56. The number of hydrogen-bond donors (Lipinski definition) is 1. The number of nitrogens with one attached hydrogen (secondary N) is 1. The van der Waals surface area contributed by atoms with Gasteiger partial charge < -0.3 is 10.2 Å². The van der Waals surface area contributed by atoms with Gasteiger partial charge in [0.1, 0.15) is 11.9 Å². The van der Waals surface area contributed by atoms with Gasteiger partial charge in [0.15, 0.2) is 0 Å². The number of carbonyl (C=O) groups is 2. The van der Waals surface area contributed by atoms with E-state index < -0.39 is 6.04 Å². The molecule has 0 unspecified atom stereocenters. The van der Waals surface area contributed by atoms with Crippen molar-refractivity contribution in [2.75, 3.05) is 12.3 Å². The molecule has 148 valence electrons. The Morgan fingerprint density at radius 3 is 2.48 bits per heavy atom. The predicted octanol–water partition coefficient (Wildman–Crippen LogP) is 4.06. The Morgan fingerprint density at radius 1 is 1.19 bits per heavy atom. The second-order valence-electron chi connectivity index (χ2n) is 8.00. The molecule has 1 N–H and O–H groups in total. The van der Waals surface area contributed by atoms with E-state index in [2.05, 4.69) is 19.2 Å². The highest BCUT2D eigenvalue weighted by atomic mass is 32.2. The molecule has 0 radical (unpaired) electrons. The van der Waals surface area contributed by atoms with E-state index in [4.69, 9.17) is 0 Å². The van der Waals surface area contributed by atoms with E-state index in [1.807, 2.05) is 0 Å². The number of thioether (sulfide) groups is 1. The molecule has 2 atom stereocenters. The van der Waals surface area contributed by atoms with Crippen LogP contribution in [0.3, 0.4) is 0 Å². The molecule has 6 heteroatoms. The summed E-state index contributed by atoms with van der Waals surface area (Å²) >= 11 is 1.72. The van der Waals surface area contributed by atoms with Crippen LogP contribution < -0.4 is 5.32 Å². The van der Waals surface area contributed by atoms with Gasteiger partial charge in [0.25, 0.3) is 5.91 Å². The minimum atomic E-state index is -0.460. The van der Waals surface area contributed by atoms with Gasteiger partial charge in [-0.25, -0.2) is 4.39 Å². The van der Waals surface area contributed by atoms with Gasteiger partial charge in [0.05, 0.1) is 5.37 Å². The van der Waals surface area contributed by atoms with Crippen molar-refractivity contribution in [1.82, 2.24) is 10.2 Å². The number of nitrogens with zero attached hydrogens (tertiary/aromatic N) is 1. The maximum absolute atomic E-state index is 13.3. The topological polar surface area (TPSA) is 49.4 Å². The van der Waals surface area contributed by atoms with Crippen LogP contribution in [0.15, 0.2) is 24.3 Å². The molecule has 1 heterocycles. The van der Waals surface area contributed by atoms with Crippen LogP contribution in [0, 0.1) is 17.7 Å². The Balaban J connectivity index is 1.83. The lowest BCUT2D eigenvalue weighted by atomic mass is 9.88. The van der Waals surface area contributed by atoms with Crippen molar-refractivity contribution in [2.45, 2.75) is 57.4 Å². The van der Waals surface area contributed by atoms with Gasteiger partial charge in [-0.2, -0.15) is 0 Å². The molecule has 1 aromatic carbocycles. The van der Waals surface area contributed by atoms with Crippen molar-refractivity contribution in [1.29, 1.82) is 0 Å². The van der Waals surface area contributed by atoms with Gasteiger partial charge >= 0.3 is 0 Å². The van der Waals surface area contributed by atoms with Gasteiger partial charge in [-0.15, -0.1) is 11.8 Å². The smallest absolute Gasteiger partial charge is 0.255 e. The van der Waals surface area contributed by atoms with Gasteiger partial charge in [-0.05, 0) is 48.9 Å². The highest BCUT2D eigenvalue weighted by Crippen LogP contribution is 2.41. The molecular weight excluding hydrogens is 363 g/mol. The quantitative estimate of drug-likeness (QED) is 0.822. The van der Waals surface area contributed by atoms with Crippen molar-refractivity contribution in [3.63, 3.8) is 0 Å². The lowest BCUT2D eigenvalue weighted by Gasteiger charge is -2.35. The van der Waals surface area contributed by atoms with E-state index in [9.17, 15) is 14.0 Å². The van der Waals surface area contributed by atoms with Crippen molar-refractivity contribution >= 4 is 23.6 Å². The molecule has 3 rings (SSSR count). The van der Waals surface area contributed by atoms with Gasteiger partial charge in [0.2, 0.25) is 5.91 Å². The molecule has 0 spiro atoms. The van der Waals surface area contributed by atoms with E-state index in [1.54, 1.807) is 16.7 Å². The van der Waals surface area contributed by atoms with Crippen LogP contribution in [0.1, 0.15) is 56.3 Å². The van der Waals surface area contributed by atoms with Gasteiger partial charge in [-0.1, -0.05) is 33.1 Å². The van der Waals surface area contributed by atoms with Crippen LogP contribution in [-0.4, -0.2) is 40.4 Å². The molecule has 1 saturated carbocycles. The standard InChI is InChI=1S/C21H29FN2O2S/c1-14(2)12-23-19(25)18-13-27-21(16-6-4-3-5-7-16)24(18)20(26)15-8-10-17(22)11-9-15/h8-11,14,16,18,21H,3-7,12-13H2,1-2H3,(H,23,25)/t18-,21-/m1/s1. The summed E-state index contributed by atoms with van der Waals surface area (Å²) in [6.45, 7) is 4.71. The third kappa shape index (κ3) is 4.84. The minimum absolute atomic E-state index is 0.0256. The highest BCUT2D eigenvalue weighted by Gasteiger charge is 2.45. The second kappa shape index (κ2) is 9.09. The van der Waals surface area contributed by atoms with E-state index in [0.717, 1.165) is 12.8 Å². The Kier molecular flexibility index (Phi) is 6.79. The van der Waals surface area contributed by atoms with E-state index in [0.29, 0.717) is 29.7 Å². The molecule has 4 nitrogen and oxygen atoms in total. The van der Waals surface area contributed by atoms with Crippen LogP contribution in [-0.2, 0) is 4.79 Å². The zero-order valence-corrected chi connectivity index (χ0v) is 16.9. The lowest BCUT2D eigenvalue weighted by Crippen LogP contribution is -2.52. The molecule has 1 aliphatic heterocycles. The first kappa shape index (κ1) is 20.2. The van der Waals surface area contributed by atoms with Crippen LogP contribution in [0.2, 0.25) is 0 Å². The van der Waals surface area contributed by atoms with Crippen LogP contribution in [0.5, 0.6) is 0 Å². The molecule has 1 aliphatic carbocycles. The first-order valence-corrected chi connectivity index (χ1v) is 11.0. The zero-order valence-electron chi connectivity index (χ0n) is 16.1. The first-order valence-electron chi connectivity index (χ1n) is 9.95. The average molecular weight is 393 g/mol. The average Bonchev–Trinajstić information content (AvgIpc) is 3.12. The Morgan fingerprint density at radius 2 is 1.85 bits per heavy atom. The van der Waals surface area contributed by atoms with Crippen LogP contribution >= 0.6 is 11.8 Å². The van der Waals surface area contributed by atoms with E-state index in [1.165, 1.54) is 43.5 Å². The number of hydrogen-bond acceptors (Lipinski definition) is 3. The number of benzene rings is 1. The Bertz CT molecular complexity index is 659. The summed E-state index contributed by atoms with van der Waals surface area (Å²) in [6, 6.07) is 5.18. The molecule has 27 heavy (non-hydrogen) atoms. The SMILES string of the molecule is CC(C)CNC(=O)[C@H]1CS[C@H](C2CCCCC2)N1C(=O)c1ccc(F)cc1. The fourth-order valence-corrected chi connectivity index (χ4v) is 5.57. The summed E-state index contributed by atoms with van der Waals surface area (Å²) in [7, 11) is 0. The lowest BCUT2D eigenvalue weighted by molar-refractivity contribution is -0.125. The summed E-state index contributed by atoms with van der Waals surface area (Å²) in [4.78, 5) is 27.9. The van der Waals surface area contributed by atoms with Crippen molar-refractivity contribution in [3.05, 3.63) is 35.6 Å². The molecule has 2 fully saturated rings. The summed E-state index contributed by atoms with van der Waals surface area (Å²) in [5.41, 5.74) is 0.446. The van der Waals surface area contributed by atoms with Crippen LogP contribution in [0.4, 0.5) is 4.39 Å². The monoisotopic (exact) mass is 392 g/mol. The fraction of sp³-hybridized carbons (Fsp3) is 0.619. The zero-order chi connectivity index (χ0) is 19.4. The number of amides is 2. The Labute approximate surface area is 165 Å². The van der Waals surface area contributed by atoms with Crippen molar-refractivity contribution in [3.8, 4) is 0 Å². The second-order valence-corrected chi connectivity index (χ2v) is 9.15. The summed E-state index contributed by atoms with van der Waals surface area (Å²) < 4.78 is 13.3. The third-order valence-corrected chi connectivity index (χ3v) is 6.86. The summed E-state index contributed by atoms with van der Waals surface area (Å²) in [5.74, 6) is 0.801. The molecule has 1 saturated heterocycles. The minimum Gasteiger partial charge on any atom is -0.354 e. The molecule has 0 aromatic heterocycles. The molecule has 2 amide bonds. The molecule has 2 aliphatic rings. The number of rotatable bonds is 5.